The highest BCUT2D eigenvalue weighted by Gasteiger charge is 2.50. The Bertz CT molecular complexity index is 336. The summed E-state index contributed by atoms with van der Waals surface area (Å²) in [6, 6.07) is 0. The first-order chi connectivity index (χ1) is 10.2. The van der Waals surface area contributed by atoms with Crippen molar-refractivity contribution in [1.82, 2.24) is 10.2 Å². The molecule has 2 aliphatic carbocycles. The van der Waals surface area contributed by atoms with Gasteiger partial charge in [0.05, 0.1) is 0 Å². The molecule has 122 valence electrons. The first-order valence-corrected chi connectivity index (χ1v) is 10.4. The van der Waals surface area contributed by atoms with Crippen molar-refractivity contribution in [3.63, 3.8) is 0 Å². The molecule has 1 atom stereocenters. The molecule has 1 spiro atoms. The van der Waals surface area contributed by atoms with E-state index in [0.717, 1.165) is 5.92 Å². The van der Waals surface area contributed by atoms with Gasteiger partial charge in [-0.15, -0.1) is 0 Å². The van der Waals surface area contributed by atoms with E-state index in [0.29, 0.717) is 11.1 Å². The van der Waals surface area contributed by atoms with E-state index in [2.05, 4.69) is 35.8 Å². The Morgan fingerprint density at radius 3 is 2.62 bits per heavy atom. The Hall–Kier alpha value is 0.270. The minimum absolute atomic E-state index is 0.403. The predicted molar refractivity (Wildman–Crippen MR) is 94.1 cm³/mol. The molecule has 1 N–H and O–H groups in total. The molecule has 0 aromatic rings. The molecule has 0 amide bonds. The molecule has 1 unspecified atom stereocenters. The molecule has 1 saturated heterocycles. The van der Waals surface area contributed by atoms with Crippen molar-refractivity contribution in [2.24, 2.45) is 5.92 Å². The molecule has 1 aliphatic heterocycles. The Morgan fingerprint density at radius 1 is 1.19 bits per heavy atom. The van der Waals surface area contributed by atoms with Crippen LogP contribution in [-0.4, -0.2) is 47.1 Å². The number of nitrogens with zero attached hydrogens (tertiary/aromatic N) is 1. The summed E-state index contributed by atoms with van der Waals surface area (Å²) in [6.45, 7) is 8.66. The summed E-state index contributed by atoms with van der Waals surface area (Å²) in [5.41, 5.74) is 0.907. The fourth-order valence-corrected chi connectivity index (χ4v) is 5.24. The lowest BCUT2D eigenvalue weighted by Gasteiger charge is -2.56. The number of hydrogen-bond acceptors (Lipinski definition) is 3. The fourth-order valence-electron chi connectivity index (χ4n) is 4.61. The minimum Gasteiger partial charge on any atom is -0.308 e. The first kappa shape index (κ1) is 16.1. The number of nitrogens with one attached hydrogen (secondary N) is 1. The quantitative estimate of drug-likeness (QED) is 0.749. The van der Waals surface area contributed by atoms with Crippen LogP contribution in [0.2, 0.25) is 0 Å². The molecular formula is C18H34N2S. The van der Waals surface area contributed by atoms with E-state index in [9.17, 15) is 0 Å². The molecule has 3 heteroatoms. The summed E-state index contributed by atoms with van der Waals surface area (Å²) in [5, 5.41) is 4.00. The SMILES string of the molecule is CCSCCCN1CC(C)(C2CC2)NCC12CCCCC2. The summed E-state index contributed by atoms with van der Waals surface area (Å²) in [6.07, 6.45) is 11.5. The zero-order valence-corrected chi connectivity index (χ0v) is 14.9. The minimum atomic E-state index is 0.403. The third-order valence-electron chi connectivity index (χ3n) is 6.19. The van der Waals surface area contributed by atoms with Crippen molar-refractivity contribution in [3.05, 3.63) is 0 Å². The van der Waals surface area contributed by atoms with Crippen molar-refractivity contribution >= 4 is 11.8 Å². The Morgan fingerprint density at radius 2 is 1.95 bits per heavy atom. The fraction of sp³-hybridized carbons (Fsp3) is 1.00. The van der Waals surface area contributed by atoms with Gasteiger partial charge in [-0.05, 0) is 63.0 Å². The average Bonchev–Trinajstić information content (AvgIpc) is 3.34. The Kier molecular flexibility index (Phi) is 5.23. The lowest BCUT2D eigenvalue weighted by Crippen LogP contribution is -2.70. The van der Waals surface area contributed by atoms with Crippen LogP contribution in [0.1, 0.15) is 65.2 Å². The van der Waals surface area contributed by atoms with E-state index >= 15 is 0 Å². The van der Waals surface area contributed by atoms with Crippen LogP contribution in [0.4, 0.5) is 0 Å². The topological polar surface area (TPSA) is 15.3 Å². The molecule has 3 fully saturated rings. The molecule has 3 rings (SSSR count). The number of thioether (sulfide) groups is 1. The number of rotatable bonds is 6. The molecule has 2 nitrogen and oxygen atoms in total. The molecule has 21 heavy (non-hydrogen) atoms. The average molecular weight is 311 g/mol. The van der Waals surface area contributed by atoms with Gasteiger partial charge >= 0.3 is 0 Å². The van der Waals surface area contributed by atoms with E-state index in [1.807, 2.05) is 0 Å². The molecular weight excluding hydrogens is 276 g/mol. The second-order valence-corrected chi connectivity index (χ2v) is 9.20. The van der Waals surface area contributed by atoms with E-state index in [4.69, 9.17) is 0 Å². The zero-order valence-electron chi connectivity index (χ0n) is 14.1. The van der Waals surface area contributed by atoms with Crippen LogP contribution in [0.15, 0.2) is 0 Å². The van der Waals surface area contributed by atoms with Gasteiger partial charge in [0.2, 0.25) is 0 Å². The van der Waals surface area contributed by atoms with Gasteiger partial charge in [0.15, 0.2) is 0 Å². The molecule has 3 aliphatic rings. The summed E-state index contributed by atoms with van der Waals surface area (Å²) < 4.78 is 0. The molecule has 0 aromatic carbocycles. The Labute approximate surface area is 135 Å². The number of hydrogen-bond donors (Lipinski definition) is 1. The van der Waals surface area contributed by atoms with Crippen molar-refractivity contribution in [3.8, 4) is 0 Å². The van der Waals surface area contributed by atoms with Crippen molar-refractivity contribution in [2.45, 2.75) is 76.3 Å². The van der Waals surface area contributed by atoms with Gasteiger partial charge in [0, 0.05) is 24.2 Å². The van der Waals surface area contributed by atoms with E-state index < -0.39 is 0 Å². The van der Waals surface area contributed by atoms with Crippen molar-refractivity contribution < 1.29 is 0 Å². The van der Waals surface area contributed by atoms with Crippen LogP contribution in [-0.2, 0) is 0 Å². The highest BCUT2D eigenvalue weighted by atomic mass is 32.2. The Balaban J connectivity index is 1.64. The van der Waals surface area contributed by atoms with Gasteiger partial charge in [-0.25, -0.2) is 0 Å². The van der Waals surface area contributed by atoms with E-state index in [1.165, 1.54) is 82.5 Å². The smallest absolute Gasteiger partial charge is 0.0334 e. The summed E-state index contributed by atoms with van der Waals surface area (Å²) in [4.78, 5) is 2.93. The lowest BCUT2D eigenvalue weighted by molar-refractivity contribution is -0.0202. The van der Waals surface area contributed by atoms with Crippen LogP contribution in [0.25, 0.3) is 0 Å². The van der Waals surface area contributed by atoms with Gasteiger partial charge < -0.3 is 5.32 Å². The van der Waals surface area contributed by atoms with Crippen LogP contribution < -0.4 is 5.32 Å². The maximum Gasteiger partial charge on any atom is 0.0334 e. The maximum absolute atomic E-state index is 4.00. The van der Waals surface area contributed by atoms with Crippen molar-refractivity contribution in [2.75, 3.05) is 31.1 Å². The van der Waals surface area contributed by atoms with Crippen molar-refractivity contribution in [1.29, 1.82) is 0 Å². The normalized spacial score (nSPS) is 33.4. The largest absolute Gasteiger partial charge is 0.308 e. The standard InChI is InChI=1S/C18H34N2S/c1-3-21-13-7-12-20-15-17(2,16-8-9-16)19-14-18(20)10-5-4-6-11-18/h16,19H,3-15H2,1-2H3. The monoisotopic (exact) mass is 310 g/mol. The second-order valence-electron chi connectivity index (χ2n) is 7.80. The van der Waals surface area contributed by atoms with E-state index in [-0.39, 0.29) is 0 Å². The zero-order chi connectivity index (χ0) is 14.8. The highest BCUT2D eigenvalue weighted by molar-refractivity contribution is 7.99. The van der Waals surface area contributed by atoms with Gasteiger partial charge in [0.1, 0.15) is 0 Å². The van der Waals surface area contributed by atoms with Gasteiger partial charge in [-0.2, -0.15) is 11.8 Å². The summed E-state index contributed by atoms with van der Waals surface area (Å²) >= 11 is 2.11. The molecule has 0 bridgehead atoms. The highest BCUT2D eigenvalue weighted by Crippen LogP contribution is 2.45. The van der Waals surface area contributed by atoms with Gasteiger partial charge in [-0.1, -0.05) is 26.2 Å². The second kappa shape index (κ2) is 6.80. The first-order valence-electron chi connectivity index (χ1n) is 9.26. The predicted octanol–water partition coefficient (Wildman–Crippen LogP) is 3.91. The molecule has 0 radical (unpaired) electrons. The van der Waals surface area contributed by atoms with E-state index in [1.54, 1.807) is 0 Å². The lowest BCUT2D eigenvalue weighted by atomic mass is 9.75. The van der Waals surface area contributed by atoms with Gasteiger partial charge in [-0.3, -0.25) is 4.90 Å². The third kappa shape index (κ3) is 3.61. The molecule has 1 heterocycles. The summed E-state index contributed by atoms with van der Waals surface area (Å²) in [7, 11) is 0. The maximum atomic E-state index is 4.00. The van der Waals surface area contributed by atoms with Crippen LogP contribution in [0.5, 0.6) is 0 Å². The van der Waals surface area contributed by atoms with Crippen LogP contribution >= 0.6 is 11.8 Å². The summed E-state index contributed by atoms with van der Waals surface area (Å²) in [5.74, 6) is 3.56. The third-order valence-corrected chi connectivity index (χ3v) is 7.18. The molecule has 0 aromatic heterocycles. The molecule has 2 saturated carbocycles. The van der Waals surface area contributed by atoms with Gasteiger partial charge in [0.25, 0.3) is 0 Å². The van der Waals surface area contributed by atoms with Crippen LogP contribution in [0.3, 0.4) is 0 Å². The van der Waals surface area contributed by atoms with Crippen LogP contribution in [0, 0.1) is 5.92 Å². The number of piperazine rings is 1.